The Bertz CT molecular complexity index is 499. The highest BCUT2D eigenvalue weighted by Gasteiger charge is 2.24. The maximum Gasteiger partial charge on any atom is 0.0440 e. The van der Waals surface area contributed by atoms with Gasteiger partial charge in [-0.25, -0.2) is 0 Å². The molecule has 23 heavy (non-hydrogen) atoms. The van der Waals surface area contributed by atoms with Crippen molar-refractivity contribution < 1.29 is 0 Å². The molecule has 0 aliphatic carbocycles. The average molecular weight is 313 g/mol. The normalized spacial score (nSPS) is 21.7. The van der Waals surface area contributed by atoms with Crippen LogP contribution < -0.4 is 14.7 Å². The molecular formula is C20H31N3. The molecule has 0 N–H and O–H groups in total. The van der Waals surface area contributed by atoms with Crippen molar-refractivity contribution in [3.63, 3.8) is 0 Å². The quantitative estimate of drug-likeness (QED) is 0.830. The molecular weight excluding hydrogens is 282 g/mol. The zero-order chi connectivity index (χ0) is 15.6. The Balaban J connectivity index is 1.77. The van der Waals surface area contributed by atoms with Gasteiger partial charge in [0.2, 0.25) is 0 Å². The molecule has 3 saturated heterocycles. The molecule has 0 saturated carbocycles. The summed E-state index contributed by atoms with van der Waals surface area (Å²) in [5.74, 6) is 0. The molecule has 1 aromatic carbocycles. The summed E-state index contributed by atoms with van der Waals surface area (Å²) in [6.07, 6.45) is 9.29. The van der Waals surface area contributed by atoms with Gasteiger partial charge < -0.3 is 14.7 Å². The third kappa shape index (κ3) is 2.90. The lowest BCUT2D eigenvalue weighted by atomic mass is 10.0. The van der Waals surface area contributed by atoms with Crippen LogP contribution in [0.15, 0.2) is 12.1 Å². The standard InChI is InChI=1S/C20H31N3/c1-2-18-19(22-11-5-6-12-22)15-17(21-9-3-4-10-21)16-20(18)23-13-7-8-14-23/h15-16H,2-14H2,1H3. The third-order valence-corrected chi connectivity index (χ3v) is 5.91. The van der Waals surface area contributed by atoms with Gasteiger partial charge >= 0.3 is 0 Å². The first-order chi connectivity index (χ1) is 11.4. The fraction of sp³-hybridized carbons (Fsp3) is 0.700. The van der Waals surface area contributed by atoms with E-state index in [1.807, 2.05) is 0 Å². The molecule has 3 heterocycles. The lowest BCUT2D eigenvalue weighted by Crippen LogP contribution is -2.25. The van der Waals surface area contributed by atoms with Crippen molar-refractivity contribution in [2.24, 2.45) is 0 Å². The topological polar surface area (TPSA) is 9.72 Å². The monoisotopic (exact) mass is 313 g/mol. The molecule has 0 atom stereocenters. The molecule has 0 unspecified atom stereocenters. The first-order valence-corrected chi connectivity index (χ1v) is 9.78. The second kappa shape index (κ2) is 6.62. The van der Waals surface area contributed by atoms with Gasteiger partial charge in [-0.05, 0) is 62.6 Å². The van der Waals surface area contributed by atoms with Crippen molar-refractivity contribution in [1.29, 1.82) is 0 Å². The zero-order valence-electron chi connectivity index (χ0n) is 14.7. The molecule has 0 aromatic heterocycles. The van der Waals surface area contributed by atoms with Crippen molar-refractivity contribution in [3.8, 4) is 0 Å². The van der Waals surface area contributed by atoms with Crippen molar-refractivity contribution in [1.82, 2.24) is 0 Å². The highest BCUT2D eigenvalue weighted by atomic mass is 15.2. The van der Waals surface area contributed by atoms with Crippen LogP contribution in [0.5, 0.6) is 0 Å². The minimum Gasteiger partial charge on any atom is -0.371 e. The molecule has 0 bridgehead atoms. The van der Waals surface area contributed by atoms with E-state index in [2.05, 4.69) is 33.8 Å². The van der Waals surface area contributed by atoms with Crippen LogP contribution in [0.4, 0.5) is 17.1 Å². The van der Waals surface area contributed by atoms with E-state index in [-0.39, 0.29) is 0 Å². The molecule has 4 rings (SSSR count). The number of benzene rings is 1. The van der Waals surface area contributed by atoms with E-state index in [1.165, 1.54) is 94.9 Å². The van der Waals surface area contributed by atoms with Gasteiger partial charge in [-0.3, -0.25) is 0 Å². The molecule has 3 nitrogen and oxygen atoms in total. The molecule has 3 aliphatic rings. The third-order valence-electron chi connectivity index (χ3n) is 5.91. The predicted molar refractivity (Wildman–Crippen MR) is 100 cm³/mol. The average Bonchev–Trinajstić information content (AvgIpc) is 3.37. The van der Waals surface area contributed by atoms with E-state index >= 15 is 0 Å². The van der Waals surface area contributed by atoms with E-state index in [0.29, 0.717) is 0 Å². The van der Waals surface area contributed by atoms with Crippen LogP contribution >= 0.6 is 0 Å². The lowest BCUT2D eigenvalue weighted by molar-refractivity contribution is 0.908. The predicted octanol–water partition coefficient (Wildman–Crippen LogP) is 4.05. The second-order valence-corrected chi connectivity index (χ2v) is 7.40. The summed E-state index contributed by atoms with van der Waals surface area (Å²) in [6.45, 7) is 9.80. The van der Waals surface area contributed by atoms with E-state index < -0.39 is 0 Å². The highest BCUT2D eigenvalue weighted by Crippen LogP contribution is 2.39. The Morgan fingerprint density at radius 2 is 1.04 bits per heavy atom. The summed E-state index contributed by atoms with van der Waals surface area (Å²) in [7, 11) is 0. The van der Waals surface area contributed by atoms with E-state index in [0.717, 1.165) is 6.42 Å². The number of rotatable bonds is 4. The van der Waals surface area contributed by atoms with E-state index in [9.17, 15) is 0 Å². The zero-order valence-corrected chi connectivity index (χ0v) is 14.7. The maximum atomic E-state index is 2.65. The molecule has 0 radical (unpaired) electrons. The van der Waals surface area contributed by atoms with Crippen LogP contribution in [-0.2, 0) is 6.42 Å². The second-order valence-electron chi connectivity index (χ2n) is 7.40. The maximum absolute atomic E-state index is 2.65. The van der Waals surface area contributed by atoms with Gasteiger partial charge in [-0.15, -0.1) is 0 Å². The van der Waals surface area contributed by atoms with E-state index in [1.54, 1.807) is 5.56 Å². The molecule has 3 aliphatic heterocycles. The summed E-state index contributed by atoms with van der Waals surface area (Å²) >= 11 is 0. The molecule has 3 fully saturated rings. The fourth-order valence-electron chi connectivity index (χ4n) is 4.63. The van der Waals surface area contributed by atoms with Crippen LogP contribution in [0.3, 0.4) is 0 Å². The highest BCUT2D eigenvalue weighted by molar-refractivity contribution is 5.76. The van der Waals surface area contributed by atoms with Gasteiger partial charge in [-0.2, -0.15) is 0 Å². The van der Waals surface area contributed by atoms with Gasteiger partial charge in [0.05, 0.1) is 0 Å². The molecule has 3 heteroatoms. The van der Waals surface area contributed by atoms with Crippen molar-refractivity contribution in [2.75, 3.05) is 54.0 Å². The van der Waals surface area contributed by atoms with Crippen molar-refractivity contribution >= 4 is 17.1 Å². The number of nitrogens with zero attached hydrogens (tertiary/aromatic N) is 3. The minimum absolute atomic E-state index is 1.15. The van der Waals surface area contributed by atoms with Crippen LogP contribution in [0.2, 0.25) is 0 Å². The van der Waals surface area contributed by atoms with Gasteiger partial charge in [-0.1, -0.05) is 6.92 Å². The number of hydrogen-bond acceptors (Lipinski definition) is 3. The van der Waals surface area contributed by atoms with Crippen LogP contribution in [0.1, 0.15) is 51.0 Å². The summed E-state index contributed by atoms with van der Waals surface area (Å²) in [6, 6.07) is 5.02. The first-order valence-electron chi connectivity index (χ1n) is 9.78. The van der Waals surface area contributed by atoms with Gasteiger partial charge in [0.1, 0.15) is 0 Å². The summed E-state index contributed by atoms with van der Waals surface area (Å²) < 4.78 is 0. The Kier molecular flexibility index (Phi) is 4.37. The van der Waals surface area contributed by atoms with Gasteiger partial charge in [0, 0.05) is 56.3 Å². The molecule has 126 valence electrons. The smallest absolute Gasteiger partial charge is 0.0440 e. The fourth-order valence-corrected chi connectivity index (χ4v) is 4.63. The van der Waals surface area contributed by atoms with Gasteiger partial charge in [0.25, 0.3) is 0 Å². The minimum atomic E-state index is 1.15. The van der Waals surface area contributed by atoms with Crippen LogP contribution in [0.25, 0.3) is 0 Å². The Morgan fingerprint density at radius 1 is 0.652 bits per heavy atom. The molecule has 0 amide bonds. The van der Waals surface area contributed by atoms with Crippen molar-refractivity contribution in [2.45, 2.75) is 51.9 Å². The van der Waals surface area contributed by atoms with Crippen molar-refractivity contribution in [3.05, 3.63) is 17.7 Å². The SMILES string of the molecule is CCc1c(N2CCCC2)cc(N2CCCC2)cc1N1CCCC1. The first kappa shape index (κ1) is 15.2. The molecule has 1 aromatic rings. The van der Waals surface area contributed by atoms with Crippen LogP contribution in [-0.4, -0.2) is 39.3 Å². The number of anilines is 3. The Morgan fingerprint density at radius 3 is 1.43 bits per heavy atom. The lowest BCUT2D eigenvalue weighted by Gasteiger charge is -2.30. The Hall–Kier alpha value is -1.38. The van der Waals surface area contributed by atoms with Gasteiger partial charge in [0.15, 0.2) is 0 Å². The largest absolute Gasteiger partial charge is 0.371 e. The summed E-state index contributed by atoms with van der Waals surface area (Å²) in [4.78, 5) is 7.91. The van der Waals surface area contributed by atoms with Crippen LogP contribution in [0, 0.1) is 0 Å². The summed E-state index contributed by atoms with van der Waals surface area (Å²) in [5.41, 5.74) is 6.15. The Labute approximate surface area is 141 Å². The molecule has 0 spiro atoms. The summed E-state index contributed by atoms with van der Waals surface area (Å²) in [5, 5.41) is 0. The number of hydrogen-bond donors (Lipinski definition) is 0. The van der Waals surface area contributed by atoms with E-state index in [4.69, 9.17) is 0 Å².